The number of thiophene rings is 1. The van der Waals surface area contributed by atoms with Crippen LogP contribution in [0.1, 0.15) is 49.0 Å². The third-order valence-electron chi connectivity index (χ3n) is 5.82. The Balaban J connectivity index is 1.80. The maximum absolute atomic E-state index is 12.9. The van der Waals surface area contributed by atoms with Gasteiger partial charge in [0.15, 0.2) is 23.0 Å². The van der Waals surface area contributed by atoms with Crippen LogP contribution in [-0.4, -0.2) is 46.4 Å². The topological polar surface area (TPSA) is 92.3 Å². The molecule has 0 saturated heterocycles. The van der Waals surface area contributed by atoms with E-state index in [2.05, 4.69) is 12.2 Å². The van der Waals surface area contributed by atoms with Crippen LogP contribution < -0.4 is 24.3 Å². The predicted molar refractivity (Wildman–Crippen MR) is 154 cm³/mol. The number of unbranched alkanes of at least 4 members (excludes halogenated alkanes) is 2. The smallest absolute Gasteiger partial charge is 0.341 e. The van der Waals surface area contributed by atoms with E-state index >= 15 is 0 Å². The van der Waals surface area contributed by atoms with Crippen LogP contribution in [0.2, 0.25) is 0 Å². The summed E-state index contributed by atoms with van der Waals surface area (Å²) in [6.07, 6.45) is 6.28. The van der Waals surface area contributed by atoms with Crippen molar-refractivity contribution in [3.8, 4) is 34.1 Å². The third kappa shape index (κ3) is 7.77. The van der Waals surface area contributed by atoms with Gasteiger partial charge in [-0.05, 0) is 54.8 Å². The van der Waals surface area contributed by atoms with E-state index in [1.54, 1.807) is 51.8 Å². The van der Waals surface area contributed by atoms with Crippen LogP contribution in [0.5, 0.6) is 23.0 Å². The van der Waals surface area contributed by atoms with Gasteiger partial charge in [-0.2, -0.15) is 0 Å². The second-order valence-electron chi connectivity index (χ2n) is 8.43. The summed E-state index contributed by atoms with van der Waals surface area (Å²) < 4.78 is 27.3. The van der Waals surface area contributed by atoms with Gasteiger partial charge in [0.2, 0.25) is 5.91 Å². The minimum atomic E-state index is -0.526. The molecular weight excluding hydrogens is 518 g/mol. The third-order valence-corrected chi connectivity index (χ3v) is 6.72. The molecular formula is C30H35NO7S. The summed E-state index contributed by atoms with van der Waals surface area (Å²) in [4.78, 5) is 25.7. The van der Waals surface area contributed by atoms with E-state index in [1.165, 1.54) is 17.4 Å². The van der Waals surface area contributed by atoms with Crippen LogP contribution in [0.25, 0.3) is 17.2 Å². The molecule has 0 unspecified atom stereocenters. The molecule has 1 heterocycles. The number of esters is 1. The van der Waals surface area contributed by atoms with Gasteiger partial charge in [-0.25, -0.2) is 4.79 Å². The molecule has 208 valence electrons. The van der Waals surface area contributed by atoms with Gasteiger partial charge in [0, 0.05) is 17.0 Å². The number of ether oxygens (including phenoxy) is 5. The van der Waals surface area contributed by atoms with Crippen molar-refractivity contribution in [1.82, 2.24) is 0 Å². The SMILES string of the molecule is CCCCCOc1ccc(/C=C/C(=O)Nc2scc(-c3ccc(OC)c(OC)c3)c2C(=O)OCC)cc1OC. The molecule has 2 aromatic carbocycles. The Bertz CT molecular complexity index is 1300. The number of anilines is 1. The lowest BCUT2D eigenvalue weighted by Gasteiger charge is -2.11. The van der Waals surface area contributed by atoms with Crippen LogP contribution in [0.4, 0.5) is 5.00 Å². The molecule has 0 saturated carbocycles. The van der Waals surface area contributed by atoms with E-state index < -0.39 is 5.97 Å². The van der Waals surface area contributed by atoms with Crippen molar-refractivity contribution in [1.29, 1.82) is 0 Å². The molecule has 0 radical (unpaired) electrons. The van der Waals surface area contributed by atoms with E-state index in [-0.39, 0.29) is 18.1 Å². The van der Waals surface area contributed by atoms with Gasteiger partial charge in [-0.15, -0.1) is 11.3 Å². The van der Waals surface area contributed by atoms with E-state index in [0.717, 1.165) is 30.4 Å². The van der Waals surface area contributed by atoms with Crippen molar-refractivity contribution in [3.05, 3.63) is 59.0 Å². The van der Waals surface area contributed by atoms with E-state index in [9.17, 15) is 9.59 Å². The van der Waals surface area contributed by atoms with Gasteiger partial charge in [0.25, 0.3) is 0 Å². The maximum atomic E-state index is 12.9. The summed E-state index contributed by atoms with van der Waals surface area (Å²) in [5, 5.41) is 5.01. The molecule has 0 atom stereocenters. The normalized spacial score (nSPS) is 10.8. The van der Waals surface area contributed by atoms with Gasteiger partial charge in [-0.3, -0.25) is 4.79 Å². The Labute approximate surface area is 233 Å². The molecule has 0 fully saturated rings. The predicted octanol–water partition coefficient (Wildman–Crippen LogP) is 6.84. The molecule has 0 bridgehead atoms. The zero-order valence-electron chi connectivity index (χ0n) is 23.0. The van der Waals surface area contributed by atoms with Crippen molar-refractivity contribution >= 4 is 34.3 Å². The summed E-state index contributed by atoms with van der Waals surface area (Å²) in [6, 6.07) is 10.9. The Hall–Kier alpha value is -3.98. The summed E-state index contributed by atoms with van der Waals surface area (Å²) in [5.74, 6) is 1.44. The van der Waals surface area contributed by atoms with Crippen molar-refractivity contribution in [3.63, 3.8) is 0 Å². The number of nitrogens with one attached hydrogen (secondary N) is 1. The molecule has 0 spiro atoms. The lowest BCUT2D eigenvalue weighted by atomic mass is 10.0. The van der Waals surface area contributed by atoms with Crippen LogP contribution in [0.15, 0.2) is 47.9 Å². The van der Waals surface area contributed by atoms with Crippen LogP contribution >= 0.6 is 11.3 Å². The standard InChI is InChI=1S/C30H35NO7S/c1-6-8-9-16-38-24-13-10-20(17-25(24)35-4)11-15-27(32)31-29-28(30(33)37-7-2)22(19-39-29)21-12-14-23(34-3)26(18-21)36-5/h10-15,17-19H,6-9,16H2,1-5H3,(H,31,32)/b15-11+. The molecule has 3 aromatic rings. The number of rotatable bonds is 14. The highest BCUT2D eigenvalue weighted by Gasteiger charge is 2.23. The van der Waals surface area contributed by atoms with Gasteiger partial charge in [0.1, 0.15) is 10.6 Å². The quantitative estimate of drug-likeness (QED) is 0.133. The van der Waals surface area contributed by atoms with Gasteiger partial charge in [0.05, 0.1) is 34.5 Å². The van der Waals surface area contributed by atoms with E-state index in [1.807, 2.05) is 24.3 Å². The second kappa shape index (κ2) is 14.8. The van der Waals surface area contributed by atoms with Crippen molar-refractivity contribution in [2.24, 2.45) is 0 Å². The molecule has 3 rings (SSSR count). The lowest BCUT2D eigenvalue weighted by Crippen LogP contribution is -2.12. The summed E-state index contributed by atoms with van der Waals surface area (Å²) in [6.45, 7) is 4.70. The number of methoxy groups -OCH3 is 3. The first-order chi connectivity index (χ1) is 18.9. The fraction of sp³-hybridized carbons (Fsp3) is 0.333. The van der Waals surface area contributed by atoms with E-state index in [4.69, 9.17) is 23.7 Å². The number of amides is 1. The Morgan fingerprint density at radius 1 is 0.897 bits per heavy atom. The zero-order chi connectivity index (χ0) is 28.2. The first-order valence-corrected chi connectivity index (χ1v) is 13.6. The molecule has 1 N–H and O–H groups in total. The van der Waals surface area contributed by atoms with Crippen molar-refractivity contribution in [2.75, 3.05) is 39.9 Å². The number of carbonyl (C=O) groups is 2. The molecule has 8 nitrogen and oxygen atoms in total. The number of hydrogen-bond acceptors (Lipinski definition) is 8. The molecule has 0 aliphatic rings. The average molecular weight is 554 g/mol. The number of hydrogen-bond donors (Lipinski definition) is 1. The minimum absolute atomic E-state index is 0.202. The van der Waals surface area contributed by atoms with Crippen LogP contribution in [-0.2, 0) is 9.53 Å². The van der Waals surface area contributed by atoms with Crippen molar-refractivity contribution < 1.29 is 33.3 Å². The highest BCUT2D eigenvalue weighted by atomic mass is 32.1. The average Bonchev–Trinajstić information content (AvgIpc) is 3.37. The Morgan fingerprint density at radius 3 is 2.31 bits per heavy atom. The van der Waals surface area contributed by atoms with Crippen LogP contribution in [0.3, 0.4) is 0 Å². The fourth-order valence-electron chi connectivity index (χ4n) is 3.84. The first kappa shape index (κ1) is 29.6. The maximum Gasteiger partial charge on any atom is 0.341 e. The van der Waals surface area contributed by atoms with Gasteiger partial charge < -0.3 is 29.0 Å². The van der Waals surface area contributed by atoms with E-state index in [0.29, 0.717) is 40.2 Å². The molecule has 1 aromatic heterocycles. The summed E-state index contributed by atoms with van der Waals surface area (Å²) >= 11 is 1.24. The highest BCUT2D eigenvalue weighted by Crippen LogP contribution is 2.39. The lowest BCUT2D eigenvalue weighted by molar-refractivity contribution is -0.111. The second-order valence-corrected chi connectivity index (χ2v) is 9.31. The first-order valence-electron chi connectivity index (χ1n) is 12.8. The molecule has 9 heteroatoms. The highest BCUT2D eigenvalue weighted by molar-refractivity contribution is 7.15. The number of benzene rings is 2. The monoisotopic (exact) mass is 553 g/mol. The van der Waals surface area contributed by atoms with Gasteiger partial charge >= 0.3 is 5.97 Å². The van der Waals surface area contributed by atoms with Crippen molar-refractivity contribution in [2.45, 2.75) is 33.1 Å². The molecule has 0 aliphatic heterocycles. The van der Waals surface area contributed by atoms with Gasteiger partial charge in [-0.1, -0.05) is 31.9 Å². The fourth-order valence-corrected chi connectivity index (χ4v) is 4.80. The largest absolute Gasteiger partial charge is 0.493 e. The summed E-state index contributed by atoms with van der Waals surface area (Å²) in [7, 11) is 4.68. The van der Waals surface area contributed by atoms with Crippen LogP contribution in [0, 0.1) is 0 Å². The molecule has 39 heavy (non-hydrogen) atoms. The minimum Gasteiger partial charge on any atom is -0.493 e. The Morgan fingerprint density at radius 2 is 1.62 bits per heavy atom. The zero-order valence-corrected chi connectivity index (χ0v) is 23.8. The Kier molecular flexibility index (Phi) is 11.2. The molecule has 1 amide bonds. The summed E-state index contributed by atoms with van der Waals surface area (Å²) in [5.41, 5.74) is 2.40. The number of carbonyl (C=O) groups excluding carboxylic acids is 2. The molecule has 0 aliphatic carbocycles.